The van der Waals surface area contributed by atoms with Gasteiger partial charge in [-0.15, -0.1) is 0 Å². The van der Waals surface area contributed by atoms with Crippen LogP contribution in [0.5, 0.6) is 0 Å². The van der Waals surface area contributed by atoms with Crippen LogP contribution in [0.2, 0.25) is 5.02 Å². The molecule has 1 N–H and O–H groups in total. The summed E-state index contributed by atoms with van der Waals surface area (Å²) in [5.41, 5.74) is 6.55. The summed E-state index contributed by atoms with van der Waals surface area (Å²) in [6.07, 6.45) is 0. The number of hydrogen-bond acceptors (Lipinski definition) is 1. The number of nitrogens with one attached hydrogen (secondary N) is 1. The Balaban J connectivity index is 2.08. The summed E-state index contributed by atoms with van der Waals surface area (Å²) in [5, 5.41) is 4.40. The topological polar surface area (TPSA) is 12.0 Å². The Labute approximate surface area is 127 Å². The largest absolute Gasteiger partial charge is 0.306 e. The molecule has 0 fully saturated rings. The van der Waals surface area contributed by atoms with Crippen molar-refractivity contribution in [1.29, 1.82) is 0 Å². The van der Waals surface area contributed by atoms with Crippen molar-refractivity contribution in [3.05, 3.63) is 69.2 Å². The van der Waals surface area contributed by atoms with Crippen LogP contribution < -0.4 is 5.32 Å². The highest BCUT2D eigenvalue weighted by Crippen LogP contribution is 2.20. The lowest BCUT2D eigenvalue weighted by Gasteiger charge is -2.18. The van der Waals surface area contributed by atoms with Gasteiger partial charge in [-0.05, 0) is 62.1 Å². The normalized spacial score (nSPS) is 12.4. The van der Waals surface area contributed by atoms with Gasteiger partial charge in [-0.2, -0.15) is 0 Å². The number of halogens is 1. The number of rotatable bonds is 4. The van der Waals surface area contributed by atoms with Crippen LogP contribution in [0.3, 0.4) is 0 Å². The molecule has 1 unspecified atom stereocenters. The number of aryl methyl sites for hydroxylation is 3. The van der Waals surface area contributed by atoms with E-state index in [0.717, 1.165) is 11.6 Å². The summed E-state index contributed by atoms with van der Waals surface area (Å²) in [4.78, 5) is 0. The van der Waals surface area contributed by atoms with Gasteiger partial charge in [0.25, 0.3) is 0 Å². The molecule has 0 aliphatic rings. The summed E-state index contributed by atoms with van der Waals surface area (Å²) < 4.78 is 0. The summed E-state index contributed by atoms with van der Waals surface area (Å²) in [6.45, 7) is 9.48. The second-order valence-electron chi connectivity index (χ2n) is 5.53. The van der Waals surface area contributed by atoms with Gasteiger partial charge in [0.1, 0.15) is 0 Å². The Bertz CT molecular complexity index is 604. The van der Waals surface area contributed by atoms with Crippen LogP contribution in [0.25, 0.3) is 0 Å². The highest BCUT2D eigenvalue weighted by molar-refractivity contribution is 6.30. The average Bonchev–Trinajstić information content (AvgIpc) is 2.40. The lowest BCUT2D eigenvalue weighted by Crippen LogP contribution is -2.19. The highest BCUT2D eigenvalue weighted by atomic mass is 35.5. The lowest BCUT2D eigenvalue weighted by molar-refractivity contribution is 0.570. The Hall–Kier alpha value is -1.31. The number of hydrogen-bond donors (Lipinski definition) is 1. The monoisotopic (exact) mass is 287 g/mol. The molecule has 20 heavy (non-hydrogen) atoms. The number of benzene rings is 2. The SMILES string of the molecule is Cc1ccc(C)c(C(C)NCc2ccc(Cl)cc2C)c1. The van der Waals surface area contributed by atoms with Gasteiger partial charge in [-0.3, -0.25) is 0 Å². The van der Waals surface area contributed by atoms with E-state index in [2.05, 4.69) is 57.3 Å². The Morgan fingerprint density at radius 2 is 1.75 bits per heavy atom. The van der Waals surface area contributed by atoms with Gasteiger partial charge >= 0.3 is 0 Å². The van der Waals surface area contributed by atoms with Crippen molar-refractivity contribution in [1.82, 2.24) is 5.32 Å². The molecule has 0 saturated carbocycles. The Morgan fingerprint density at radius 1 is 1.00 bits per heavy atom. The first kappa shape index (κ1) is 15.1. The van der Waals surface area contributed by atoms with Crippen molar-refractivity contribution in [3.8, 4) is 0 Å². The fraction of sp³-hybridized carbons (Fsp3) is 0.333. The molecule has 0 amide bonds. The third kappa shape index (κ3) is 3.62. The van der Waals surface area contributed by atoms with Crippen LogP contribution >= 0.6 is 11.6 Å². The molecule has 0 aliphatic heterocycles. The molecule has 0 spiro atoms. The highest BCUT2D eigenvalue weighted by Gasteiger charge is 2.09. The quantitative estimate of drug-likeness (QED) is 0.823. The Morgan fingerprint density at radius 3 is 2.45 bits per heavy atom. The van der Waals surface area contributed by atoms with E-state index in [0.29, 0.717) is 6.04 Å². The predicted molar refractivity (Wildman–Crippen MR) is 87.4 cm³/mol. The maximum Gasteiger partial charge on any atom is 0.0408 e. The second-order valence-corrected chi connectivity index (χ2v) is 5.97. The van der Waals surface area contributed by atoms with Gasteiger partial charge < -0.3 is 5.32 Å². The molecule has 0 aliphatic carbocycles. The molecule has 0 heterocycles. The Kier molecular flexibility index (Phi) is 4.85. The zero-order valence-corrected chi connectivity index (χ0v) is 13.4. The van der Waals surface area contributed by atoms with Gasteiger partial charge in [0, 0.05) is 17.6 Å². The van der Waals surface area contributed by atoms with E-state index >= 15 is 0 Å². The van der Waals surface area contributed by atoms with E-state index in [4.69, 9.17) is 11.6 Å². The van der Waals surface area contributed by atoms with Gasteiger partial charge in [0.05, 0.1) is 0 Å². The molecule has 1 atom stereocenters. The zero-order valence-electron chi connectivity index (χ0n) is 12.6. The van der Waals surface area contributed by atoms with Crippen molar-refractivity contribution in [2.75, 3.05) is 0 Å². The molecule has 1 nitrogen and oxygen atoms in total. The van der Waals surface area contributed by atoms with Crippen molar-refractivity contribution >= 4 is 11.6 Å². The average molecular weight is 288 g/mol. The fourth-order valence-corrected chi connectivity index (χ4v) is 2.68. The first-order valence-electron chi connectivity index (χ1n) is 7.03. The summed E-state index contributed by atoms with van der Waals surface area (Å²) >= 11 is 5.99. The van der Waals surface area contributed by atoms with Gasteiger partial charge in [0.2, 0.25) is 0 Å². The minimum atomic E-state index is 0.338. The fourth-order valence-electron chi connectivity index (χ4n) is 2.46. The van der Waals surface area contributed by atoms with Crippen molar-refractivity contribution in [3.63, 3.8) is 0 Å². The minimum absolute atomic E-state index is 0.338. The third-order valence-electron chi connectivity index (χ3n) is 3.80. The van der Waals surface area contributed by atoms with Crippen molar-refractivity contribution in [2.45, 2.75) is 40.3 Å². The summed E-state index contributed by atoms with van der Waals surface area (Å²) in [5.74, 6) is 0. The second kappa shape index (κ2) is 6.43. The van der Waals surface area contributed by atoms with Crippen molar-refractivity contribution in [2.24, 2.45) is 0 Å². The molecule has 0 radical (unpaired) electrons. The predicted octanol–water partition coefficient (Wildman–Crippen LogP) is 5.12. The summed E-state index contributed by atoms with van der Waals surface area (Å²) in [6, 6.07) is 13.0. The van der Waals surface area contributed by atoms with E-state index in [9.17, 15) is 0 Å². The molecule has 2 aromatic carbocycles. The third-order valence-corrected chi connectivity index (χ3v) is 4.04. The molecule has 0 aromatic heterocycles. The zero-order chi connectivity index (χ0) is 14.7. The maximum atomic E-state index is 5.99. The van der Waals surface area contributed by atoms with Gasteiger partial charge in [-0.1, -0.05) is 41.4 Å². The van der Waals surface area contributed by atoms with E-state index in [1.165, 1.54) is 27.8 Å². The van der Waals surface area contributed by atoms with E-state index in [-0.39, 0.29) is 0 Å². The first-order valence-corrected chi connectivity index (χ1v) is 7.40. The van der Waals surface area contributed by atoms with Crippen LogP contribution in [-0.4, -0.2) is 0 Å². The van der Waals surface area contributed by atoms with Gasteiger partial charge in [0.15, 0.2) is 0 Å². The molecule has 106 valence electrons. The summed E-state index contributed by atoms with van der Waals surface area (Å²) in [7, 11) is 0. The van der Waals surface area contributed by atoms with Crippen LogP contribution in [0.4, 0.5) is 0 Å². The van der Waals surface area contributed by atoms with E-state index in [1.807, 2.05) is 12.1 Å². The maximum absolute atomic E-state index is 5.99. The lowest BCUT2D eigenvalue weighted by atomic mass is 9.99. The van der Waals surface area contributed by atoms with E-state index < -0.39 is 0 Å². The minimum Gasteiger partial charge on any atom is -0.306 e. The van der Waals surface area contributed by atoms with Crippen LogP contribution in [0.15, 0.2) is 36.4 Å². The van der Waals surface area contributed by atoms with E-state index in [1.54, 1.807) is 0 Å². The van der Waals surface area contributed by atoms with Crippen LogP contribution in [0.1, 0.15) is 40.8 Å². The molecule has 2 rings (SSSR count). The van der Waals surface area contributed by atoms with Crippen molar-refractivity contribution < 1.29 is 0 Å². The molecule has 2 heteroatoms. The standard InChI is InChI=1S/C18H22ClN/c1-12-5-6-13(2)18(9-12)15(4)20-11-16-7-8-17(19)10-14(16)3/h5-10,15,20H,11H2,1-4H3. The first-order chi connectivity index (χ1) is 9.47. The molecule has 2 aromatic rings. The van der Waals surface area contributed by atoms with Crippen LogP contribution in [-0.2, 0) is 6.54 Å². The van der Waals surface area contributed by atoms with Crippen LogP contribution in [0, 0.1) is 20.8 Å². The van der Waals surface area contributed by atoms with Gasteiger partial charge in [-0.25, -0.2) is 0 Å². The molecule has 0 bridgehead atoms. The molecular formula is C18H22ClN. The molecule has 0 saturated heterocycles. The molecular weight excluding hydrogens is 266 g/mol. The smallest absolute Gasteiger partial charge is 0.0408 e.